The Labute approximate surface area is 102 Å². The van der Waals surface area contributed by atoms with E-state index in [-0.39, 0.29) is 11.6 Å². The Bertz CT molecular complexity index is 474. The first-order valence-corrected chi connectivity index (χ1v) is 5.64. The molecule has 4 heteroatoms. The standard InChI is InChI=1S/C12H10BrFN2/c13-10-6-11(14)12(16-8-10)15-7-9-4-2-1-3-5-9/h1-6,8H,7H2,(H,15,16). The van der Waals surface area contributed by atoms with Crippen molar-refractivity contribution in [1.29, 1.82) is 0 Å². The molecule has 0 unspecified atom stereocenters. The van der Waals surface area contributed by atoms with E-state index in [1.807, 2.05) is 30.3 Å². The van der Waals surface area contributed by atoms with Gasteiger partial charge in [0, 0.05) is 17.2 Å². The summed E-state index contributed by atoms with van der Waals surface area (Å²) in [6.07, 6.45) is 1.57. The molecule has 0 aliphatic rings. The van der Waals surface area contributed by atoms with Crippen molar-refractivity contribution in [3.8, 4) is 0 Å². The van der Waals surface area contributed by atoms with Gasteiger partial charge in [-0.2, -0.15) is 0 Å². The lowest BCUT2D eigenvalue weighted by molar-refractivity contribution is 0.623. The minimum Gasteiger partial charge on any atom is -0.364 e. The normalized spacial score (nSPS) is 10.1. The molecule has 0 radical (unpaired) electrons. The van der Waals surface area contributed by atoms with Gasteiger partial charge in [0.25, 0.3) is 0 Å². The van der Waals surface area contributed by atoms with Crippen LogP contribution in [0.1, 0.15) is 5.56 Å². The number of anilines is 1. The number of aromatic nitrogens is 1. The first-order chi connectivity index (χ1) is 7.75. The molecule has 1 N–H and O–H groups in total. The van der Waals surface area contributed by atoms with Crippen LogP contribution in [0.25, 0.3) is 0 Å². The summed E-state index contributed by atoms with van der Waals surface area (Å²) in [6, 6.07) is 11.2. The quantitative estimate of drug-likeness (QED) is 0.929. The summed E-state index contributed by atoms with van der Waals surface area (Å²) in [5, 5.41) is 2.95. The predicted molar refractivity (Wildman–Crippen MR) is 65.7 cm³/mol. The van der Waals surface area contributed by atoms with Gasteiger partial charge in [0.1, 0.15) is 0 Å². The van der Waals surface area contributed by atoms with Gasteiger partial charge in [-0.3, -0.25) is 0 Å². The Kier molecular flexibility index (Phi) is 3.51. The molecule has 0 saturated heterocycles. The van der Waals surface area contributed by atoms with Gasteiger partial charge in [-0.25, -0.2) is 9.37 Å². The Morgan fingerprint density at radius 1 is 1.25 bits per heavy atom. The van der Waals surface area contributed by atoms with Crippen LogP contribution in [0.5, 0.6) is 0 Å². The van der Waals surface area contributed by atoms with E-state index in [1.165, 1.54) is 6.07 Å². The molecule has 82 valence electrons. The Balaban J connectivity index is 2.05. The van der Waals surface area contributed by atoms with Gasteiger partial charge in [-0.15, -0.1) is 0 Å². The predicted octanol–water partition coefficient (Wildman–Crippen LogP) is 3.60. The van der Waals surface area contributed by atoms with Crippen molar-refractivity contribution in [2.24, 2.45) is 0 Å². The maximum absolute atomic E-state index is 13.4. The smallest absolute Gasteiger partial charge is 0.166 e. The molecule has 2 aromatic rings. The fourth-order valence-corrected chi connectivity index (χ4v) is 1.63. The summed E-state index contributed by atoms with van der Waals surface area (Å²) >= 11 is 3.16. The van der Waals surface area contributed by atoms with Gasteiger partial charge in [0.2, 0.25) is 0 Å². The van der Waals surface area contributed by atoms with Crippen molar-refractivity contribution in [2.45, 2.75) is 6.54 Å². The minimum atomic E-state index is -0.356. The van der Waals surface area contributed by atoms with E-state index in [4.69, 9.17) is 0 Å². The van der Waals surface area contributed by atoms with E-state index >= 15 is 0 Å². The second-order valence-corrected chi connectivity index (χ2v) is 4.24. The van der Waals surface area contributed by atoms with Crippen LogP contribution in [-0.4, -0.2) is 4.98 Å². The third-order valence-corrected chi connectivity index (χ3v) is 2.54. The molecule has 0 spiro atoms. The number of benzene rings is 1. The average Bonchev–Trinajstić information content (AvgIpc) is 2.29. The van der Waals surface area contributed by atoms with Gasteiger partial charge < -0.3 is 5.32 Å². The first-order valence-electron chi connectivity index (χ1n) is 4.84. The van der Waals surface area contributed by atoms with Crippen LogP contribution in [0.4, 0.5) is 10.2 Å². The Morgan fingerprint density at radius 3 is 2.69 bits per heavy atom. The molecule has 0 amide bonds. The monoisotopic (exact) mass is 280 g/mol. The lowest BCUT2D eigenvalue weighted by atomic mass is 10.2. The number of halogens is 2. The molecule has 0 aliphatic carbocycles. The zero-order chi connectivity index (χ0) is 11.4. The molecular weight excluding hydrogens is 271 g/mol. The number of pyridine rings is 1. The highest BCUT2D eigenvalue weighted by Gasteiger charge is 2.03. The highest BCUT2D eigenvalue weighted by molar-refractivity contribution is 9.10. The van der Waals surface area contributed by atoms with Gasteiger partial charge in [0.15, 0.2) is 11.6 Å². The highest BCUT2D eigenvalue weighted by atomic mass is 79.9. The van der Waals surface area contributed by atoms with Crippen LogP contribution in [-0.2, 0) is 6.54 Å². The molecule has 0 bridgehead atoms. The summed E-state index contributed by atoms with van der Waals surface area (Å²) in [6.45, 7) is 0.562. The Hall–Kier alpha value is -1.42. The molecule has 16 heavy (non-hydrogen) atoms. The SMILES string of the molecule is Fc1cc(Br)cnc1NCc1ccccc1. The van der Waals surface area contributed by atoms with E-state index < -0.39 is 0 Å². The number of nitrogens with one attached hydrogen (secondary N) is 1. The van der Waals surface area contributed by atoms with Gasteiger partial charge in [-0.05, 0) is 27.6 Å². The maximum atomic E-state index is 13.4. The second-order valence-electron chi connectivity index (χ2n) is 3.32. The average molecular weight is 281 g/mol. The molecule has 2 nitrogen and oxygen atoms in total. The van der Waals surface area contributed by atoms with Crippen LogP contribution in [0.2, 0.25) is 0 Å². The minimum absolute atomic E-state index is 0.270. The molecule has 0 atom stereocenters. The largest absolute Gasteiger partial charge is 0.364 e. The van der Waals surface area contributed by atoms with Crippen molar-refractivity contribution in [3.63, 3.8) is 0 Å². The molecule has 0 saturated carbocycles. The molecule has 1 aromatic heterocycles. The van der Waals surface area contributed by atoms with Crippen LogP contribution in [0, 0.1) is 5.82 Å². The summed E-state index contributed by atoms with van der Waals surface area (Å²) in [5.74, 6) is -0.0858. The third-order valence-electron chi connectivity index (χ3n) is 2.11. The van der Waals surface area contributed by atoms with Crippen molar-refractivity contribution < 1.29 is 4.39 Å². The molecule has 1 aromatic carbocycles. The summed E-state index contributed by atoms with van der Waals surface area (Å²) in [5.41, 5.74) is 1.09. The summed E-state index contributed by atoms with van der Waals surface area (Å²) in [7, 11) is 0. The fraction of sp³-hybridized carbons (Fsp3) is 0.0833. The highest BCUT2D eigenvalue weighted by Crippen LogP contribution is 2.16. The number of rotatable bonds is 3. The zero-order valence-electron chi connectivity index (χ0n) is 8.45. The van der Waals surface area contributed by atoms with Gasteiger partial charge in [-0.1, -0.05) is 30.3 Å². The van der Waals surface area contributed by atoms with E-state index in [0.717, 1.165) is 5.56 Å². The van der Waals surface area contributed by atoms with Crippen LogP contribution in [0.15, 0.2) is 47.1 Å². The topological polar surface area (TPSA) is 24.9 Å². The molecule has 2 rings (SSSR count). The second kappa shape index (κ2) is 5.07. The zero-order valence-corrected chi connectivity index (χ0v) is 10.0. The van der Waals surface area contributed by atoms with Crippen molar-refractivity contribution in [2.75, 3.05) is 5.32 Å². The van der Waals surface area contributed by atoms with Crippen LogP contribution in [0.3, 0.4) is 0 Å². The van der Waals surface area contributed by atoms with Crippen molar-refractivity contribution in [3.05, 3.63) is 58.4 Å². The maximum Gasteiger partial charge on any atom is 0.166 e. The number of hydrogen-bond acceptors (Lipinski definition) is 2. The van der Waals surface area contributed by atoms with Crippen molar-refractivity contribution in [1.82, 2.24) is 4.98 Å². The number of hydrogen-bond donors (Lipinski definition) is 1. The van der Waals surface area contributed by atoms with E-state index in [2.05, 4.69) is 26.2 Å². The van der Waals surface area contributed by atoms with E-state index in [1.54, 1.807) is 6.20 Å². The third kappa shape index (κ3) is 2.79. The van der Waals surface area contributed by atoms with Crippen molar-refractivity contribution >= 4 is 21.7 Å². The lowest BCUT2D eigenvalue weighted by Crippen LogP contribution is -2.03. The van der Waals surface area contributed by atoms with E-state index in [9.17, 15) is 4.39 Å². The fourth-order valence-electron chi connectivity index (χ4n) is 1.33. The molecule has 0 fully saturated rings. The molecular formula is C12H10BrFN2. The lowest BCUT2D eigenvalue weighted by Gasteiger charge is -2.06. The summed E-state index contributed by atoms with van der Waals surface area (Å²) < 4.78 is 14.0. The summed E-state index contributed by atoms with van der Waals surface area (Å²) in [4.78, 5) is 3.96. The van der Waals surface area contributed by atoms with Crippen LogP contribution >= 0.6 is 15.9 Å². The van der Waals surface area contributed by atoms with E-state index in [0.29, 0.717) is 11.0 Å². The van der Waals surface area contributed by atoms with Gasteiger partial charge >= 0.3 is 0 Å². The van der Waals surface area contributed by atoms with Gasteiger partial charge in [0.05, 0.1) is 0 Å². The molecule has 1 heterocycles. The first kappa shape index (κ1) is 11.1. The molecule has 0 aliphatic heterocycles. The van der Waals surface area contributed by atoms with Crippen LogP contribution < -0.4 is 5.32 Å². The number of nitrogens with zero attached hydrogens (tertiary/aromatic N) is 1. The Morgan fingerprint density at radius 2 is 2.00 bits per heavy atom.